The van der Waals surface area contributed by atoms with Gasteiger partial charge in [0, 0.05) is 49.8 Å². The van der Waals surface area contributed by atoms with Gasteiger partial charge in [0.25, 0.3) is 0 Å². The van der Waals surface area contributed by atoms with Crippen molar-refractivity contribution < 1.29 is 9.50 Å². The second-order valence-electron chi connectivity index (χ2n) is 6.35. The number of aliphatic hydroxyl groups excluding tert-OH is 1. The average molecular weight is 366 g/mol. The van der Waals surface area contributed by atoms with E-state index < -0.39 is 0 Å². The van der Waals surface area contributed by atoms with Crippen LogP contribution in [0.2, 0.25) is 0 Å². The van der Waals surface area contributed by atoms with Gasteiger partial charge in [-0.1, -0.05) is 12.1 Å². The fourth-order valence-corrected chi connectivity index (χ4v) is 2.81. The van der Waals surface area contributed by atoms with Gasteiger partial charge in [0.1, 0.15) is 23.3 Å². The highest BCUT2D eigenvalue weighted by atomic mass is 19.1. The molecule has 1 aliphatic heterocycles. The largest absolute Gasteiger partial charge is 0.389 e. The summed E-state index contributed by atoms with van der Waals surface area (Å²) in [5.74, 6) is 1.63. The zero-order valence-corrected chi connectivity index (χ0v) is 14.5. The minimum absolute atomic E-state index is 0.259. The van der Waals surface area contributed by atoms with Crippen molar-refractivity contribution in [1.82, 2.24) is 15.0 Å². The molecular formula is C19H19FN6O. The van der Waals surface area contributed by atoms with Gasteiger partial charge < -0.3 is 20.6 Å². The molecular weight excluding hydrogens is 347 g/mol. The molecule has 0 radical (unpaired) electrons. The molecule has 2 aromatic heterocycles. The Bertz CT molecular complexity index is 900. The predicted octanol–water partition coefficient (Wildman–Crippen LogP) is 2.55. The van der Waals surface area contributed by atoms with Crippen LogP contribution in [-0.4, -0.2) is 39.3 Å². The van der Waals surface area contributed by atoms with Crippen molar-refractivity contribution in [2.45, 2.75) is 12.6 Å². The van der Waals surface area contributed by atoms with Crippen molar-refractivity contribution in [3.8, 4) is 0 Å². The van der Waals surface area contributed by atoms with Gasteiger partial charge in [-0.15, -0.1) is 0 Å². The van der Waals surface area contributed by atoms with E-state index in [1.54, 1.807) is 30.7 Å². The lowest BCUT2D eigenvalue weighted by Crippen LogP contribution is -2.50. The van der Waals surface area contributed by atoms with Gasteiger partial charge in [-0.05, 0) is 17.7 Å². The third-order valence-electron chi connectivity index (χ3n) is 4.24. The summed E-state index contributed by atoms with van der Waals surface area (Å²) in [6.45, 7) is 1.70. The van der Waals surface area contributed by atoms with Gasteiger partial charge in [0.15, 0.2) is 0 Å². The number of nitrogens with one attached hydrogen (secondary N) is 2. The Morgan fingerprint density at radius 3 is 2.56 bits per heavy atom. The smallest absolute Gasteiger partial charge is 0.150 e. The molecule has 0 unspecified atom stereocenters. The summed E-state index contributed by atoms with van der Waals surface area (Å²) in [6.07, 6.45) is 4.52. The highest BCUT2D eigenvalue weighted by Gasteiger charge is 2.25. The van der Waals surface area contributed by atoms with E-state index in [1.807, 2.05) is 12.1 Å². The Kier molecular flexibility index (Phi) is 4.80. The van der Waals surface area contributed by atoms with Crippen LogP contribution in [0.4, 0.5) is 27.5 Å². The van der Waals surface area contributed by atoms with Crippen LogP contribution >= 0.6 is 0 Å². The first kappa shape index (κ1) is 17.2. The van der Waals surface area contributed by atoms with Gasteiger partial charge in [0.05, 0.1) is 12.3 Å². The van der Waals surface area contributed by atoms with Crippen LogP contribution in [0, 0.1) is 5.82 Å². The minimum Gasteiger partial charge on any atom is -0.389 e. The Morgan fingerprint density at radius 2 is 1.85 bits per heavy atom. The molecule has 1 aromatic carbocycles. The van der Waals surface area contributed by atoms with Gasteiger partial charge in [0.2, 0.25) is 0 Å². The number of halogens is 1. The molecule has 4 rings (SSSR count). The molecule has 3 heterocycles. The van der Waals surface area contributed by atoms with Crippen LogP contribution in [0.5, 0.6) is 0 Å². The summed E-state index contributed by atoms with van der Waals surface area (Å²) in [4.78, 5) is 14.9. The Labute approximate surface area is 155 Å². The molecule has 0 saturated carbocycles. The molecule has 1 fully saturated rings. The van der Waals surface area contributed by atoms with Crippen LogP contribution < -0.4 is 15.5 Å². The molecule has 3 N–H and O–H groups in total. The standard InChI is InChI=1S/C19H19FN6O/c20-14-3-1-13(2-4-14)9-23-17-7-15(26-11-16(27)12-26)8-18(24-17)25-19-10-21-5-6-22-19/h1-8,10,16,27H,9,11-12H2,(H2,22,23,24,25). The number of aromatic nitrogens is 3. The van der Waals surface area contributed by atoms with Crippen molar-refractivity contribution >= 4 is 23.1 Å². The summed E-state index contributed by atoms with van der Waals surface area (Å²) < 4.78 is 13.1. The first-order valence-electron chi connectivity index (χ1n) is 8.62. The van der Waals surface area contributed by atoms with E-state index in [-0.39, 0.29) is 11.9 Å². The van der Waals surface area contributed by atoms with E-state index in [9.17, 15) is 9.50 Å². The topological polar surface area (TPSA) is 86.2 Å². The first-order chi connectivity index (χ1) is 13.2. The number of hydrogen-bond donors (Lipinski definition) is 3. The highest BCUT2D eigenvalue weighted by molar-refractivity contribution is 5.65. The van der Waals surface area contributed by atoms with E-state index in [0.717, 1.165) is 11.3 Å². The van der Waals surface area contributed by atoms with E-state index in [1.165, 1.54) is 12.1 Å². The number of nitrogens with zero attached hydrogens (tertiary/aromatic N) is 4. The highest BCUT2D eigenvalue weighted by Crippen LogP contribution is 2.27. The molecule has 7 nitrogen and oxygen atoms in total. The summed E-state index contributed by atoms with van der Waals surface area (Å²) in [5.41, 5.74) is 1.90. The lowest BCUT2D eigenvalue weighted by Gasteiger charge is -2.38. The number of anilines is 4. The second-order valence-corrected chi connectivity index (χ2v) is 6.35. The number of benzene rings is 1. The van der Waals surface area contributed by atoms with E-state index >= 15 is 0 Å². The zero-order chi connectivity index (χ0) is 18.6. The third kappa shape index (κ3) is 4.29. The second kappa shape index (κ2) is 7.55. The Balaban J connectivity index is 1.54. The SMILES string of the molecule is OC1CN(c2cc(NCc3ccc(F)cc3)nc(Nc3cnccn3)c2)C1. The van der Waals surface area contributed by atoms with Crippen molar-refractivity contribution in [3.05, 3.63) is 66.4 Å². The monoisotopic (exact) mass is 366 g/mol. The molecule has 1 saturated heterocycles. The van der Waals surface area contributed by atoms with Crippen LogP contribution in [0.1, 0.15) is 5.56 Å². The maximum Gasteiger partial charge on any atom is 0.150 e. The first-order valence-corrected chi connectivity index (χ1v) is 8.62. The fraction of sp³-hybridized carbons (Fsp3) is 0.211. The molecule has 0 amide bonds. The van der Waals surface area contributed by atoms with Gasteiger partial charge in [-0.25, -0.2) is 14.4 Å². The zero-order valence-electron chi connectivity index (χ0n) is 14.5. The van der Waals surface area contributed by atoms with Gasteiger partial charge >= 0.3 is 0 Å². The normalized spacial score (nSPS) is 13.9. The molecule has 0 bridgehead atoms. The molecule has 3 aromatic rings. The molecule has 0 aliphatic carbocycles. The number of rotatable bonds is 6. The maximum absolute atomic E-state index is 13.1. The van der Waals surface area contributed by atoms with Crippen molar-refractivity contribution in [1.29, 1.82) is 0 Å². The lowest BCUT2D eigenvalue weighted by molar-refractivity contribution is 0.142. The fourth-order valence-electron chi connectivity index (χ4n) is 2.81. The predicted molar refractivity (Wildman–Crippen MR) is 101 cm³/mol. The van der Waals surface area contributed by atoms with Crippen molar-refractivity contribution in [2.75, 3.05) is 28.6 Å². The van der Waals surface area contributed by atoms with Crippen LogP contribution in [0.25, 0.3) is 0 Å². The summed E-state index contributed by atoms with van der Waals surface area (Å²) in [7, 11) is 0. The number of β-amino-alcohol motifs (C(OH)–C–C–N with tert-alkyl or cyclic N) is 1. The summed E-state index contributed by atoms with van der Waals surface area (Å²) in [5, 5.41) is 16.0. The average Bonchev–Trinajstić information content (AvgIpc) is 2.66. The molecule has 1 aliphatic rings. The number of hydrogen-bond acceptors (Lipinski definition) is 7. The maximum atomic E-state index is 13.1. The summed E-state index contributed by atoms with van der Waals surface area (Å²) in [6, 6.07) is 10.2. The minimum atomic E-state index is -0.301. The van der Waals surface area contributed by atoms with E-state index in [0.29, 0.717) is 37.1 Å². The quantitative estimate of drug-likeness (QED) is 0.618. The van der Waals surface area contributed by atoms with Crippen LogP contribution in [-0.2, 0) is 6.54 Å². The Hall–Kier alpha value is -3.26. The van der Waals surface area contributed by atoms with Gasteiger partial charge in [-0.2, -0.15) is 0 Å². The lowest BCUT2D eigenvalue weighted by atomic mass is 10.1. The van der Waals surface area contributed by atoms with Crippen molar-refractivity contribution in [3.63, 3.8) is 0 Å². The summed E-state index contributed by atoms with van der Waals surface area (Å²) >= 11 is 0. The molecule has 27 heavy (non-hydrogen) atoms. The van der Waals surface area contributed by atoms with Crippen LogP contribution in [0.3, 0.4) is 0 Å². The Morgan fingerprint density at radius 1 is 1.07 bits per heavy atom. The van der Waals surface area contributed by atoms with Gasteiger partial charge in [-0.3, -0.25) is 4.98 Å². The molecule has 138 valence electrons. The molecule has 0 atom stereocenters. The molecule has 8 heteroatoms. The van der Waals surface area contributed by atoms with Crippen molar-refractivity contribution in [2.24, 2.45) is 0 Å². The number of aliphatic hydroxyl groups is 1. The van der Waals surface area contributed by atoms with E-state index in [4.69, 9.17) is 0 Å². The third-order valence-corrected chi connectivity index (χ3v) is 4.24. The molecule has 0 spiro atoms. The van der Waals surface area contributed by atoms with Crippen LogP contribution in [0.15, 0.2) is 55.0 Å². The van der Waals surface area contributed by atoms with E-state index in [2.05, 4.69) is 30.5 Å². The number of pyridine rings is 1.